The van der Waals surface area contributed by atoms with Crippen LogP contribution in [0.4, 0.5) is 17.6 Å². The van der Waals surface area contributed by atoms with Gasteiger partial charge < -0.3 is 5.73 Å². The number of hydrogen-bond donors (Lipinski definition) is 1. The molecular weight excluding hydrogens is 258 g/mol. The highest BCUT2D eigenvalue weighted by Gasteiger charge is 2.35. The molecule has 0 radical (unpaired) electrons. The summed E-state index contributed by atoms with van der Waals surface area (Å²) in [6.45, 7) is 1.84. The topological polar surface area (TPSA) is 26.0 Å². The van der Waals surface area contributed by atoms with E-state index >= 15 is 0 Å². The summed E-state index contributed by atoms with van der Waals surface area (Å²) in [5, 5.41) is 0. The number of alkyl halides is 3. The minimum absolute atomic E-state index is 0. The molecular formula is C11H14ClF4N. The molecule has 0 aromatic heterocycles. The number of halogens is 5. The Morgan fingerprint density at radius 3 is 2.35 bits per heavy atom. The number of hydrogen-bond acceptors (Lipinski definition) is 1. The molecule has 0 aliphatic carbocycles. The second-order valence-electron chi connectivity index (χ2n) is 3.60. The van der Waals surface area contributed by atoms with Crippen molar-refractivity contribution in [3.63, 3.8) is 0 Å². The summed E-state index contributed by atoms with van der Waals surface area (Å²) in [6.07, 6.45) is -3.53. The van der Waals surface area contributed by atoms with E-state index in [9.17, 15) is 17.6 Å². The first-order valence-electron chi connectivity index (χ1n) is 4.99. The summed E-state index contributed by atoms with van der Waals surface area (Å²) in [4.78, 5) is 0. The van der Waals surface area contributed by atoms with Gasteiger partial charge in [0.25, 0.3) is 0 Å². The van der Waals surface area contributed by atoms with Crippen molar-refractivity contribution in [3.8, 4) is 0 Å². The molecule has 6 heteroatoms. The average molecular weight is 272 g/mol. The molecule has 0 spiro atoms. The van der Waals surface area contributed by atoms with Crippen LogP contribution < -0.4 is 5.73 Å². The van der Waals surface area contributed by atoms with Crippen molar-refractivity contribution < 1.29 is 17.6 Å². The van der Waals surface area contributed by atoms with Crippen molar-refractivity contribution in [3.05, 3.63) is 35.1 Å². The maximum Gasteiger partial charge on any atom is 0.419 e. The summed E-state index contributed by atoms with van der Waals surface area (Å²) < 4.78 is 50.7. The van der Waals surface area contributed by atoms with Gasteiger partial charge in [-0.1, -0.05) is 25.5 Å². The van der Waals surface area contributed by atoms with Gasteiger partial charge in [-0.3, -0.25) is 0 Å². The van der Waals surface area contributed by atoms with E-state index in [2.05, 4.69) is 0 Å². The Morgan fingerprint density at radius 1 is 1.29 bits per heavy atom. The molecule has 0 heterocycles. The van der Waals surface area contributed by atoms with E-state index in [1.165, 1.54) is 12.1 Å². The van der Waals surface area contributed by atoms with Gasteiger partial charge in [0.15, 0.2) is 0 Å². The van der Waals surface area contributed by atoms with Crippen LogP contribution in [-0.4, -0.2) is 0 Å². The molecule has 2 N–H and O–H groups in total. The third-order valence-corrected chi connectivity index (χ3v) is 2.33. The molecule has 1 atom stereocenters. The lowest BCUT2D eigenvalue weighted by molar-refractivity contribution is -0.140. The normalized spacial score (nSPS) is 13.1. The lowest BCUT2D eigenvalue weighted by Crippen LogP contribution is -2.16. The van der Waals surface area contributed by atoms with Gasteiger partial charge in [-0.15, -0.1) is 12.4 Å². The molecule has 0 aliphatic rings. The van der Waals surface area contributed by atoms with Gasteiger partial charge in [0.1, 0.15) is 5.82 Å². The first-order chi connectivity index (χ1) is 7.38. The van der Waals surface area contributed by atoms with Crippen molar-refractivity contribution in [2.45, 2.75) is 32.0 Å². The van der Waals surface area contributed by atoms with Gasteiger partial charge >= 0.3 is 6.18 Å². The Labute approximate surface area is 103 Å². The van der Waals surface area contributed by atoms with E-state index in [0.29, 0.717) is 12.8 Å². The number of rotatable bonds is 3. The summed E-state index contributed by atoms with van der Waals surface area (Å²) >= 11 is 0. The summed E-state index contributed by atoms with van der Waals surface area (Å²) in [7, 11) is 0. The SMILES string of the molecule is CCC[C@@H](N)c1cccc(C(F)(F)F)c1F.Cl. The predicted molar refractivity (Wildman–Crippen MR) is 60.5 cm³/mol. The first kappa shape index (κ1) is 16.2. The lowest BCUT2D eigenvalue weighted by Gasteiger charge is -2.15. The van der Waals surface area contributed by atoms with Crippen LogP contribution in [0.2, 0.25) is 0 Å². The zero-order valence-corrected chi connectivity index (χ0v) is 10.0. The van der Waals surface area contributed by atoms with E-state index in [1.54, 1.807) is 0 Å². The molecule has 17 heavy (non-hydrogen) atoms. The number of nitrogens with two attached hydrogens (primary N) is 1. The second-order valence-corrected chi connectivity index (χ2v) is 3.60. The van der Waals surface area contributed by atoms with E-state index in [-0.39, 0.29) is 18.0 Å². The largest absolute Gasteiger partial charge is 0.419 e. The third kappa shape index (κ3) is 3.85. The standard InChI is InChI=1S/C11H13F4N.ClH/c1-2-4-9(16)7-5-3-6-8(10(7)12)11(13,14)15;/h3,5-6,9H,2,4,16H2,1H3;1H/t9-;/m1./s1. The Bertz CT molecular complexity index is 365. The zero-order chi connectivity index (χ0) is 12.3. The van der Waals surface area contributed by atoms with Gasteiger partial charge in [0.05, 0.1) is 5.56 Å². The zero-order valence-electron chi connectivity index (χ0n) is 9.22. The molecule has 0 fully saturated rings. The quantitative estimate of drug-likeness (QED) is 0.824. The predicted octanol–water partition coefficient (Wildman–Crippen LogP) is 4.07. The van der Waals surface area contributed by atoms with Crippen LogP contribution in [0.15, 0.2) is 18.2 Å². The van der Waals surface area contributed by atoms with E-state index in [4.69, 9.17) is 5.73 Å². The first-order valence-corrected chi connectivity index (χ1v) is 4.99. The highest BCUT2D eigenvalue weighted by Crippen LogP contribution is 2.34. The van der Waals surface area contributed by atoms with Gasteiger partial charge in [-0.2, -0.15) is 13.2 Å². The Balaban J connectivity index is 0.00000256. The van der Waals surface area contributed by atoms with Gasteiger partial charge in [0, 0.05) is 11.6 Å². The third-order valence-electron chi connectivity index (χ3n) is 2.33. The van der Waals surface area contributed by atoms with Crippen molar-refractivity contribution >= 4 is 12.4 Å². The van der Waals surface area contributed by atoms with E-state index in [1.807, 2.05) is 6.92 Å². The lowest BCUT2D eigenvalue weighted by atomic mass is 10.00. The van der Waals surface area contributed by atoms with Crippen molar-refractivity contribution in [1.29, 1.82) is 0 Å². The summed E-state index contributed by atoms with van der Waals surface area (Å²) in [6, 6.07) is 2.51. The molecule has 98 valence electrons. The van der Waals surface area contributed by atoms with Crippen LogP contribution in [0.1, 0.15) is 36.9 Å². The maximum atomic E-state index is 13.5. The van der Waals surface area contributed by atoms with Crippen LogP contribution in [0.25, 0.3) is 0 Å². The average Bonchev–Trinajstić information content (AvgIpc) is 2.16. The van der Waals surface area contributed by atoms with Crippen molar-refractivity contribution in [2.24, 2.45) is 5.73 Å². The van der Waals surface area contributed by atoms with E-state index < -0.39 is 23.6 Å². The minimum atomic E-state index is -4.67. The molecule has 1 aromatic rings. The molecule has 0 aliphatic heterocycles. The Hall–Kier alpha value is -0.810. The molecule has 1 rings (SSSR count). The van der Waals surface area contributed by atoms with Crippen LogP contribution in [-0.2, 0) is 6.18 Å². The Kier molecular flexibility index (Phi) is 5.92. The molecule has 0 saturated carbocycles. The fourth-order valence-corrected chi connectivity index (χ4v) is 1.52. The smallest absolute Gasteiger partial charge is 0.324 e. The summed E-state index contributed by atoms with van der Waals surface area (Å²) in [5.74, 6) is -1.25. The second kappa shape index (κ2) is 6.21. The van der Waals surface area contributed by atoms with Crippen LogP contribution in [0, 0.1) is 5.82 Å². The van der Waals surface area contributed by atoms with Gasteiger partial charge in [0.2, 0.25) is 0 Å². The fraction of sp³-hybridized carbons (Fsp3) is 0.455. The van der Waals surface area contributed by atoms with Crippen molar-refractivity contribution in [1.82, 2.24) is 0 Å². The molecule has 0 bridgehead atoms. The molecule has 1 nitrogen and oxygen atoms in total. The van der Waals surface area contributed by atoms with Crippen molar-refractivity contribution in [2.75, 3.05) is 0 Å². The number of benzene rings is 1. The van der Waals surface area contributed by atoms with E-state index in [0.717, 1.165) is 6.07 Å². The van der Waals surface area contributed by atoms with Gasteiger partial charge in [-0.05, 0) is 12.5 Å². The van der Waals surface area contributed by atoms with Crippen LogP contribution in [0.3, 0.4) is 0 Å². The Morgan fingerprint density at radius 2 is 1.88 bits per heavy atom. The fourth-order valence-electron chi connectivity index (χ4n) is 1.52. The maximum absolute atomic E-state index is 13.5. The highest BCUT2D eigenvalue weighted by atomic mass is 35.5. The summed E-state index contributed by atoms with van der Waals surface area (Å²) in [5.41, 5.74) is 4.29. The molecule has 0 amide bonds. The van der Waals surface area contributed by atoms with Crippen LogP contribution >= 0.6 is 12.4 Å². The molecule has 1 aromatic carbocycles. The van der Waals surface area contributed by atoms with Crippen LogP contribution in [0.5, 0.6) is 0 Å². The van der Waals surface area contributed by atoms with Gasteiger partial charge in [-0.25, -0.2) is 4.39 Å². The monoisotopic (exact) mass is 271 g/mol. The molecule has 0 unspecified atom stereocenters. The minimum Gasteiger partial charge on any atom is -0.324 e. The highest BCUT2D eigenvalue weighted by molar-refractivity contribution is 5.85. The molecule has 0 saturated heterocycles.